The third kappa shape index (κ3) is 2.99. The molecule has 2 rings (SSSR count). The summed E-state index contributed by atoms with van der Waals surface area (Å²) in [5.74, 6) is 0.244. The van der Waals surface area contributed by atoms with Gasteiger partial charge in [0.05, 0.1) is 9.50 Å². The zero-order valence-corrected chi connectivity index (χ0v) is 11.1. The average molecular weight is 316 g/mol. The molecule has 0 heterocycles. The molecule has 2 aromatic rings. The van der Waals surface area contributed by atoms with Crippen LogP contribution in [0.4, 0.5) is 4.39 Å². The first-order valence-corrected chi connectivity index (χ1v) is 6.16. The predicted molar refractivity (Wildman–Crippen MR) is 69.9 cm³/mol. The predicted octanol–water partition coefficient (Wildman–Crippen LogP) is 4.82. The number of para-hydroxylation sites is 1. The molecule has 0 unspecified atom stereocenters. The van der Waals surface area contributed by atoms with Gasteiger partial charge >= 0.3 is 0 Å². The summed E-state index contributed by atoms with van der Waals surface area (Å²) < 4.78 is 19.9. The molecule has 0 radical (unpaired) electrons. The van der Waals surface area contributed by atoms with Crippen molar-refractivity contribution >= 4 is 27.5 Å². The summed E-state index contributed by atoms with van der Waals surface area (Å²) in [6, 6.07) is 12.3. The Labute approximate surface area is 112 Å². The fourth-order valence-corrected chi connectivity index (χ4v) is 1.97. The lowest BCUT2D eigenvalue weighted by Gasteiger charge is -2.09. The highest BCUT2D eigenvalue weighted by atomic mass is 79.9. The Bertz CT molecular complexity index is 531. The van der Waals surface area contributed by atoms with Gasteiger partial charge in [0, 0.05) is 5.56 Å². The van der Waals surface area contributed by atoms with Gasteiger partial charge in [-0.3, -0.25) is 0 Å². The van der Waals surface area contributed by atoms with Gasteiger partial charge in [-0.25, -0.2) is 4.39 Å². The molecule has 1 nitrogen and oxygen atoms in total. The van der Waals surface area contributed by atoms with E-state index in [0.29, 0.717) is 11.3 Å². The van der Waals surface area contributed by atoms with Crippen LogP contribution in [0.3, 0.4) is 0 Å². The van der Waals surface area contributed by atoms with Crippen LogP contribution in [0, 0.1) is 5.82 Å². The molecule has 0 N–H and O–H groups in total. The quantitative estimate of drug-likeness (QED) is 0.789. The third-order valence-electron chi connectivity index (χ3n) is 2.25. The minimum absolute atomic E-state index is 0.109. The third-order valence-corrected chi connectivity index (χ3v) is 3.20. The van der Waals surface area contributed by atoms with Crippen molar-refractivity contribution in [3.63, 3.8) is 0 Å². The molecule has 0 saturated carbocycles. The van der Waals surface area contributed by atoms with Crippen molar-refractivity contribution in [3.8, 4) is 5.75 Å². The number of benzene rings is 2. The molecule has 0 spiro atoms. The van der Waals surface area contributed by atoms with Gasteiger partial charge in [-0.1, -0.05) is 35.9 Å². The second-order valence-corrected chi connectivity index (χ2v) is 4.69. The van der Waals surface area contributed by atoms with Crippen molar-refractivity contribution in [1.82, 2.24) is 0 Å². The Morgan fingerprint density at radius 1 is 1.12 bits per heavy atom. The van der Waals surface area contributed by atoms with Crippen LogP contribution in [0.2, 0.25) is 5.02 Å². The summed E-state index contributed by atoms with van der Waals surface area (Å²) in [6.07, 6.45) is 0. The highest BCUT2D eigenvalue weighted by Crippen LogP contribution is 2.26. The zero-order chi connectivity index (χ0) is 12.3. The number of hydrogen-bond acceptors (Lipinski definition) is 1. The molecule has 0 aliphatic heterocycles. The van der Waals surface area contributed by atoms with Gasteiger partial charge in [0.15, 0.2) is 0 Å². The topological polar surface area (TPSA) is 9.23 Å². The van der Waals surface area contributed by atoms with Gasteiger partial charge in [0.1, 0.15) is 18.2 Å². The number of hydrogen-bond donors (Lipinski definition) is 0. The lowest BCUT2D eigenvalue weighted by molar-refractivity contribution is 0.298. The van der Waals surface area contributed by atoms with E-state index in [9.17, 15) is 4.39 Å². The van der Waals surface area contributed by atoms with Gasteiger partial charge < -0.3 is 4.74 Å². The SMILES string of the molecule is Fc1c(Cl)cccc1COc1ccccc1Br. The number of halogens is 3. The Hall–Kier alpha value is -1.06. The highest BCUT2D eigenvalue weighted by molar-refractivity contribution is 9.10. The summed E-state index contributed by atoms with van der Waals surface area (Å²) >= 11 is 9.05. The Morgan fingerprint density at radius 3 is 2.65 bits per heavy atom. The molecular formula is C13H9BrClFO. The fraction of sp³-hybridized carbons (Fsp3) is 0.0769. The molecule has 0 aromatic heterocycles. The largest absolute Gasteiger partial charge is 0.488 e. The van der Waals surface area contributed by atoms with Gasteiger partial charge in [-0.2, -0.15) is 0 Å². The van der Waals surface area contributed by atoms with E-state index in [2.05, 4.69) is 15.9 Å². The first-order valence-electron chi connectivity index (χ1n) is 4.98. The van der Waals surface area contributed by atoms with Crippen LogP contribution < -0.4 is 4.74 Å². The normalized spacial score (nSPS) is 10.3. The molecule has 0 fully saturated rings. The van der Waals surface area contributed by atoms with Gasteiger partial charge in [0.2, 0.25) is 0 Å². The van der Waals surface area contributed by atoms with Crippen LogP contribution in [-0.2, 0) is 6.61 Å². The molecular weight excluding hydrogens is 306 g/mol. The highest BCUT2D eigenvalue weighted by Gasteiger charge is 2.07. The molecule has 2 aromatic carbocycles. The second kappa shape index (κ2) is 5.52. The van der Waals surface area contributed by atoms with E-state index in [4.69, 9.17) is 16.3 Å². The average Bonchev–Trinajstić information content (AvgIpc) is 2.33. The van der Waals surface area contributed by atoms with Crippen molar-refractivity contribution in [3.05, 3.63) is 63.3 Å². The summed E-state index contributed by atoms with van der Waals surface area (Å²) in [5.41, 5.74) is 0.438. The first-order chi connectivity index (χ1) is 8.18. The molecule has 0 bridgehead atoms. The van der Waals surface area contributed by atoms with Crippen molar-refractivity contribution in [1.29, 1.82) is 0 Å². The van der Waals surface area contributed by atoms with Gasteiger partial charge in [-0.15, -0.1) is 0 Å². The Morgan fingerprint density at radius 2 is 1.88 bits per heavy atom. The van der Waals surface area contributed by atoms with Crippen molar-refractivity contribution in [2.75, 3.05) is 0 Å². The smallest absolute Gasteiger partial charge is 0.148 e. The summed E-state index contributed by atoms with van der Waals surface area (Å²) in [6.45, 7) is 0.148. The Balaban J connectivity index is 2.13. The van der Waals surface area contributed by atoms with E-state index in [1.54, 1.807) is 12.1 Å². The molecule has 4 heteroatoms. The standard InChI is InChI=1S/C13H9BrClFO/c14-10-5-1-2-7-12(10)17-8-9-4-3-6-11(15)13(9)16/h1-7H,8H2. The maximum Gasteiger partial charge on any atom is 0.148 e. The van der Waals surface area contributed by atoms with E-state index in [0.717, 1.165) is 4.47 Å². The van der Waals surface area contributed by atoms with E-state index in [1.807, 2.05) is 24.3 Å². The van der Waals surface area contributed by atoms with Gasteiger partial charge in [-0.05, 0) is 34.1 Å². The van der Waals surface area contributed by atoms with Crippen LogP contribution >= 0.6 is 27.5 Å². The number of ether oxygens (including phenoxy) is 1. The summed E-state index contributed by atoms with van der Waals surface area (Å²) in [7, 11) is 0. The van der Waals surface area contributed by atoms with Crippen molar-refractivity contribution in [2.24, 2.45) is 0 Å². The minimum atomic E-state index is -0.429. The molecule has 17 heavy (non-hydrogen) atoms. The van der Waals surface area contributed by atoms with Crippen LogP contribution in [-0.4, -0.2) is 0 Å². The molecule has 0 aliphatic rings. The van der Waals surface area contributed by atoms with E-state index < -0.39 is 5.82 Å². The lowest BCUT2D eigenvalue weighted by Crippen LogP contribution is -1.99. The fourth-order valence-electron chi connectivity index (χ4n) is 1.38. The molecule has 0 amide bonds. The zero-order valence-electron chi connectivity index (χ0n) is 8.79. The molecule has 0 aliphatic carbocycles. The molecule has 0 atom stereocenters. The van der Waals surface area contributed by atoms with Crippen LogP contribution in [0.5, 0.6) is 5.75 Å². The van der Waals surface area contributed by atoms with E-state index >= 15 is 0 Å². The lowest BCUT2D eigenvalue weighted by atomic mass is 10.2. The summed E-state index contributed by atoms with van der Waals surface area (Å²) in [4.78, 5) is 0. The monoisotopic (exact) mass is 314 g/mol. The van der Waals surface area contributed by atoms with E-state index in [1.165, 1.54) is 6.07 Å². The first kappa shape index (κ1) is 12.4. The van der Waals surface area contributed by atoms with Crippen LogP contribution in [0.25, 0.3) is 0 Å². The maximum absolute atomic E-state index is 13.6. The summed E-state index contributed by atoms with van der Waals surface area (Å²) in [5, 5.41) is 0.109. The Kier molecular flexibility index (Phi) is 4.02. The van der Waals surface area contributed by atoms with E-state index in [-0.39, 0.29) is 11.6 Å². The van der Waals surface area contributed by atoms with Crippen molar-refractivity contribution < 1.29 is 9.13 Å². The van der Waals surface area contributed by atoms with Crippen LogP contribution in [0.15, 0.2) is 46.9 Å². The molecule has 0 saturated heterocycles. The maximum atomic E-state index is 13.6. The minimum Gasteiger partial charge on any atom is -0.488 e. The van der Waals surface area contributed by atoms with Gasteiger partial charge in [0.25, 0.3) is 0 Å². The van der Waals surface area contributed by atoms with Crippen LogP contribution in [0.1, 0.15) is 5.56 Å². The van der Waals surface area contributed by atoms with Crippen molar-refractivity contribution in [2.45, 2.75) is 6.61 Å². The number of rotatable bonds is 3. The second-order valence-electron chi connectivity index (χ2n) is 3.43. The molecule has 88 valence electrons.